The third-order valence-electron chi connectivity index (χ3n) is 2.88. The number of allylic oxidation sites excluding steroid dienone is 1. The van der Waals surface area contributed by atoms with Gasteiger partial charge in [0.1, 0.15) is 5.75 Å². The van der Waals surface area contributed by atoms with Gasteiger partial charge in [-0.3, -0.25) is 4.79 Å². The molecule has 1 aliphatic rings. The minimum Gasteiger partial charge on any atom is -0.497 e. The van der Waals surface area contributed by atoms with Crippen molar-refractivity contribution in [3.05, 3.63) is 42.0 Å². The van der Waals surface area contributed by atoms with Gasteiger partial charge in [-0.2, -0.15) is 0 Å². The number of hydrogen-bond donors (Lipinski definition) is 0. The van der Waals surface area contributed by atoms with Crippen molar-refractivity contribution in [2.75, 3.05) is 7.11 Å². The molecule has 1 saturated carbocycles. The summed E-state index contributed by atoms with van der Waals surface area (Å²) >= 11 is 0. The Morgan fingerprint density at radius 3 is 2.80 bits per heavy atom. The largest absolute Gasteiger partial charge is 0.497 e. The lowest BCUT2D eigenvalue weighted by Crippen LogP contribution is -1.94. The predicted molar refractivity (Wildman–Crippen MR) is 59.1 cm³/mol. The second-order valence-corrected chi connectivity index (χ2v) is 3.91. The zero-order valence-electron chi connectivity index (χ0n) is 8.82. The first-order valence-corrected chi connectivity index (χ1v) is 5.05. The van der Waals surface area contributed by atoms with Gasteiger partial charge >= 0.3 is 0 Å². The highest BCUT2D eigenvalue weighted by Gasteiger charge is 2.26. The van der Waals surface area contributed by atoms with Gasteiger partial charge < -0.3 is 4.74 Å². The standard InChI is InChI=1S/C13H14O2/c1-9-6-11(8-13(9)14)10-4-3-5-12(7-10)15-2/h3-5,7,11H,1,6,8H2,2H3. The molecule has 2 heteroatoms. The van der Waals surface area contributed by atoms with Crippen molar-refractivity contribution in [3.63, 3.8) is 0 Å². The molecule has 1 aliphatic carbocycles. The normalized spacial score (nSPS) is 20.7. The molecule has 1 fully saturated rings. The maximum Gasteiger partial charge on any atom is 0.158 e. The van der Waals surface area contributed by atoms with Crippen LogP contribution in [0.15, 0.2) is 36.4 Å². The van der Waals surface area contributed by atoms with Crippen LogP contribution in [-0.2, 0) is 4.79 Å². The van der Waals surface area contributed by atoms with Crippen LogP contribution >= 0.6 is 0 Å². The Hall–Kier alpha value is -1.57. The van der Waals surface area contributed by atoms with E-state index >= 15 is 0 Å². The highest BCUT2D eigenvalue weighted by Crippen LogP contribution is 2.35. The molecule has 0 bridgehead atoms. The Balaban J connectivity index is 2.23. The molecule has 0 aromatic heterocycles. The zero-order valence-corrected chi connectivity index (χ0v) is 8.82. The number of hydrogen-bond acceptors (Lipinski definition) is 2. The van der Waals surface area contributed by atoms with Crippen LogP contribution in [0.25, 0.3) is 0 Å². The van der Waals surface area contributed by atoms with Crippen LogP contribution in [0.3, 0.4) is 0 Å². The topological polar surface area (TPSA) is 26.3 Å². The summed E-state index contributed by atoms with van der Waals surface area (Å²) in [6, 6.07) is 7.91. The third kappa shape index (κ3) is 1.94. The lowest BCUT2D eigenvalue weighted by Gasteiger charge is -2.09. The molecule has 1 aromatic rings. The molecule has 0 heterocycles. The van der Waals surface area contributed by atoms with Crippen molar-refractivity contribution in [2.24, 2.45) is 0 Å². The number of ether oxygens (including phenoxy) is 1. The number of methoxy groups -OCH3 is 1. The Bertz CT molecular complexity index is 391. The minimum absolute atomic E-state index is 0.197. The van der Waals surface area contributed by atoms with Gasteiger partial charge in [-0.25, -0.2) is 0 Å². The van der Waals surface area contributed by atoms with E-state index in [4.69, 9.17) is 4.74 Å². The maximum atomic E-state index is 11.4. The van der Waals surface area contributed by atoms with E-state index in [2.05, 4.69) is 6.58 Å². The molecule has 1 aromatic carbocycles. The van der Waals surface area contributed by atoms with E-state index in [1.54, 1.807) is 7.11 Å². The fraction of sp³-hybridized carbons (Fsp3) is 0.308. The molecular weight excluding hydrogens is 188 g/mol. The number of carbonyl (C=O) groups excluding carboxylic acids is 1. The third-order valence-corrected chi connectivity index (χ3v) is 2.88. The molecule has 0 N–H and O–H groups in total. The SMILES string of the molecule is C=C1CC(c2cccc(OC)c2)CC1=O. The molecule has 0 spiro atoms. The maximum absolute atomic E-state index is 11.4. The first-order chi connectivity index (χ1) is 7.20. The Morgan fingerprint density at radius 1 is 1.40 bits per heavy atom. The average Bonchev–Trinajstić information content (AvgIpc) is 2.59. The van der Waals surface area contributed by atoms with Crippen LogP contribution in [0.4, 0.5) is 0 Å². The van der Waals surface area contributed by atoms with E-state index in [1.165, 1.54) is 5.56 Å². The molecule has 0 aliphatic heterocycles. The Labute approximate surface area is 89.6 Å². The van der Waals surface area contributed by atoms with Gasteiger partial charge in [0.15, 0.2) is 5.78 Å². The van der Waals surface area contributed by atoms with E-state index in [1.807, 2.05) is 24.3 Å². The van der Waals surface area contributed by atoms with Crippen molar-refractivity contribution in [1.29, 1.82) is 0 Å². The van der Waals surface area contributed by atoms with Crippen molar-refractivity contribution in [2.45, 2.75) is 18.8 Å². The monoisotopic (exact) mass is 202 g/mol. The average molecular weight is 202 g/mol. The van der Waals surface area contributed by atoms with Gasteiger partial charge in [0, 0.05) is 6.42 Å². The quantitative estimate of drug-likeness (QED) is 0.689. The molecule has 15 heavy (non-hydrogen) atoms. The van der Waals surface area contributed by atoms with Crippen LogP contribution < -0.4 is 4.74 Å². The van der Waals surface area contributed by atoms with Gasteiger partial charge in [-0.1, -0.05) is 18.7 Å². The lowest BCUT2D eigenvalue weighted by atomic mass is 9.97. The summed E-state index contributed by atoms with van der Waals surface area (Å²) in [5.74, 6) is 1.33. The molecule has 0 saturated heterocycles. The molecule has 0 amide bonds. The summed E-state index contributed by atoms with van der Waals surface area (Å²) in [5, 5.41) is 0. The smallest absolute Gasteiger partial charge is 0.158 e. The second kappa shape index (κ2) is 3.89. The van der Waals surface area contributed by atoms with Crippen molar-refractivity contribution in [1.82, 2.24) is 0 Å². The number of ketones is 1. The molecule has 2 rings (SSSR count). The zero-order chi connectivity index (χ0) is 10.8. The van der Waals surface area contributed by atoms with Gasteiger partial charge in [-0.05, 0) is 35.6 Å². The molecule has 78 valence electrons. The van der Waals surface area contributed by atoms with Crippen LogP contribution in [0.5, 0.6) is 5.75 Å². The number of rotatable bonds is 2. The summed E-state index contributed by atoms with van der Waals surface area (Å²) in [5.41, 5.74) is 1.92. The first kappa shape index (κ1) is 9.97. The van der Waals surface area contributed by atoms with Gasteiger partial charge in [0.05, 0.1) is 7.11 Å². The van der Waals surface area contributed by atoms with Crippen LogP contribution in [-0.4, -0.2) is 12.9 Å². The Kier molecular flexibility index (Phi) is 2.58. The number of carbonyl (C=O) groups is 1. The molecule has 0 radical (unpaired) electrons. The van der Waals surface area contributed by atoms with E-state index < -0.39 is 0 Å². The molecule has 1 unspecified atom stereocenters. The highest BCUT2D eigenvalue weighted by atomic mass is 16.5. The van der Waals surface area contributed by atoms with Crippen LogP contribution in [0.1, 0.15) is 24.3 Å². The van der Waals surface area contributed by atoms with Gasteiger partial charge in [0.25, 0.3) is 0 Å². The molecule has 2 nitrogen and oxygen atoms in total. The molecule has 1 atom stereocenters. The van der Waals surface area contributed by atoms with Crippen LogP contribution in [0, 0.1) is 0 Å². The van der Waals surface area contributed by atoms with E-state index in [9.17, 15) is 4.79 Å². The van der Waals surface area contributed by atoms with Crippen molar-refractivity contribution < 1.29 is 9.53 Å². The number of benzene rings is 1. The summed E-state index contributed by atoms with van der Waals surface area (Å²) < 4.78 is 5.16. The van der Waals surface area contributed by atoms with E-state index in [0.29, 0.717) is 12.3 Å². The lowest BCUT2D eigenvalue weighted by molar-refractivity contribution is -0.114. The van der Waals surface area contributed by atoms with Gasteiger partial charge in [0.2, 0.25) is 0 Å². The highest BCUT2D eigenvalue weighted by molar-refractivity contribution is 5.97. The van der Waals surface area contributed by atoms with Crippen LogP contribution in [0.2, 0.25) is 0 Å². The molecular formula is C13H14O2. The van der Waals surface area contributed by atoms with E-state index in [-0.39, 0.29) is 5.78 Å². The van der Waals surface area contributed by atoms with Gasteiger partial charge in [-0.15, -0.1) is 0 Å². The predicted octanol–water partition coefficient (Wildman–Crippen LogP) is 2.70. The fourth-order valence-electron chi connectivity index (χ4n) is 1.98. The summed E-state index contributed by atoms with van der Waals surface area (Å²) in [7, 11) is 1.65. The minimum atomic E-state index is 0.197. The second-order valence-electron chi connectivity index (χ2n) is 3.91. The first-order valence-electron chi connectivity index (χ1n) is 5.05. The summed E-state index contributed by atoms with van der Waals surface area (Å²) in [6.07, 6.45) is 1.37. The summed E-state index contributed by atoms with van der Waals surface area (Å²) in [4.78, 5) is 11.4. The Morgan fingerprint density at radius 2 is 2.20 bits per heavy atom. The van der Waals surface area contributed by atoms with Crippen molar-refractivity contribution >= 4 is 5.78 Å². The van der Waals surface area contributed by atoms with E-state index in [0.717, 1.165) is 17.7 Å². The van der Waals surface area contributed by atoms with Crippen molar-refractivity contribution in [3.8, 4) is 5.75 Å². The number of Topliss-reactive ketones (excluding diaryl/α,β-unsaturated/α-hetero) is 1. The fourth-order valence-corrected chi connectivity index (χ4v) is 1.98. The summed E-state index contributed by atoms with van der Waals surface area (Å²) in [6.45, 7) is 3.77.